The third kappa shape index (κ3) is 3.64. The van der Waals surface area contributed by atoms with E-state index in [1.54, 1.807) is 12.1 Å². The van der Waals surface area contributed by atoms with Gasteiger partial charge in [-0.05, 0) is 27.2 Å². The summed E-state index contributed by atoms with van der Waals surface area (Å²) in [7, 11) is 0. The molecule has 0 aliphatic rings. The van der Waals surface area contributed by atoms with E-state index in [1.807, 2.05) is 39.0 Å². The Labute approximate surface area is 130 Å². The van der Waals surface area contributed by atoms with Crippen molar-refractivity contribution in [3.8, 4) is 11.5 Å². The molecule has 0 aliphatic heterocycles. The minimum absolute atomic E-state index is 0. The van der Waals surface area contributed by atoms with Gasteiger partial charge in [0.25, 0.3) is 0 Å². The van der Waals surface area contributed by atoms with Gasteiger partial charge in [-0.2, -0.15) is 0 Å². The van der Waals surface area contributed by atoms with Gasteiger partial charge in [0.2, 0.25) is 0 Å². The molecule has 0 saturated heterocycles. The van der Waals surface area contributed by atoms with E-state index in [9.17, 15) is 10.2 Å². The smallest absolute Gasteiger partial charge is 0.872 e. The number of rotatable bonds is 2. The van der Waals surface area contributed by atoms with Crippen molar-refractivity contribution in [2.24, 2.45) is 0 Å². The minimum Gasteiger partial charge on any atom is -0.872 e. The second-order valence-corrected chi connectivity index (χ2v) is 4.86. The van der Waals surface area contributed by atoms with Gasteiger partial charge in [0, 0.05) is 0 Å². The van der Waals surface area contributed by atoms with Crippen LogP contribution in [0.2, 0.25) is 0 Å². The summed E-state index contributed by atoms with van der Waals surface area (Å²) in [4.78, 5) is 0. The summed E-state index contributed by atoms with van der Waals surface area (Å²) in [6.07, 6.45) is 0.419. The van der Waals surface area contributed by atoms with Gasteiger partial charge in [-0.1, -0.05) is 58.1 Å². The van der Waals surface area contributed by atoms with Crippen LogP contribution in [0.1, 0.15) is 27.8 Å². The summed E-state index contributed by atoms with van der Waals surface area (Å²) in [6, 6.07) is 8.97. The first-order valence-corrected chi connectivity index (χ1v) is 6.01. The minimum atomic E-state index is -0.000779. The molecule has 0 unspecified atom stereocenters. The predicted octanol–water partition coefficient (Wildman–Crippen LogP) is 1.97. The first kappa shape index (κ1) is 15.9. The molecule has 0 aromatic heterocycles. The zero-order valence-electron chi connectivity index (χ0n) is 11.6. The monoisotopic (exact) mass is 264 g/mol. The molecule has 2 aromatic rings. The molecule has 0 heterocycles. The first-order chi connectivity index (χ1) is 8.47. The standard InChI is InChI=1S/C16H18O2.Mg/c1-10-4-5-15(17)13(7-10)9-14-8-11(2)6-12(3)16(14)18;/h4-8,17-18H,9H2,1-3H3;/q;+2/p-2. The molecule has 0 aliphatic carbocycles. The van der Waals surface area contributed by atoms with Crippen molar-refractivity contribution in [3.05, 3.63) is 58.1 Å². The largest absolute Gasteiger partial charge is 2.00 e. The normalized spacial score (nSPS) is 10.1. The predicted molar refractivity (Wildman–Crippen MR) is 74.5 cm³/mol. The van der Waals surface area contributed by atoms with Gasteiger partial charge in [-0.25, -0.2) is 0 Å². The molecule has 0 N–H and O–H groups in total. The van der Waals surface area contributed by atoms with Gasteiger partial charge < -0.3 is 10.2 Å². The Kier molecular flexibility index (Phi) is 5.26. The SMILES string of the molecule is Cc1ccc([O-])c(Cc2cc(C)cc(C)c2[O-])c1.[Mg+2]. The molecule has 0 saturated carbocycles. The van der Waals surface area contributed by atoms with Crippen molar-refractivity contribution in [2.45, 2.75) is 27.2 Å². The van der Waals surface area contributed by atoms with E-state index in [0.29, 0.717) is 17.5 Å². The van der Waals surface area contributed by atoms with Crippen LogP contribution in [0.15, 0.2) is 30.3 Å². The van der Waals surface area contributed by atoms with Crippen molar-refractivity contribution in [3.63, 3.8) is 0 Å². The third-order valence-electron chi connectivity index (χ3n) is 3.09. The number of hydrogen-bond donors (Lipinski definition) is 0. The van der Waals surface area contributed by atoms with Gasteiger partial charge >= 0.3 is 23.1 Å². The van der Waals surface area contributed by atoms with Gasteiger partial charge in [0.05, 0.1) is 0 Å². The van der Waals surface area contributed by atoms with Crippen LogP contribution in [-0.4, -0.2) is 23.1 Å². The Hall–Kier alpha value is -1.19. The van der Waals surface area contributed by atoms with E-state index in [4.69, 9.17) is 0 Å². The van der Waals surface area contributed by atoms with Gasteiger partial charge in [-0.15, -0.1) is 11.5 Å². The van der Waals surface area contributed by atoms with Crippen molar-refractivity contribution in [2.75, 3.05) is 0 Å². The molecular formula is C16H16MgO2. The number of aryl methyl sites for hydroxylation is 3. The average molecular weight is 265 g/mol. The van der Waals surface area contributed by atoms with Crippen molar-refractivity contribution >= 4 is 23.1 Å². The van der Waals surface area contributed by atoms with Crippen LogP contribution in [0.4, 0.5) is 0 Å². The summed E-state index contributed by atoms with van der Waals surface area (Å²) < 4.78 is 0. The van der Waals surface area contributed by atoms with Crippen LogP contribution in [0.25, 0.3) is 0 Å². The topological polar surface area (TPSA) is 46.1 Å². The second kappa shape index (κ2) is 6.30. The number of benzene rings is 2. The van der Waals surface area contributed by atoms with Crippen LogP contribution in [0.5, 0.6) is 11.5 Å². The third-order valence-corrected chi connectivity index (χ3v) is 3.09. The Balaban J connectivity index is 0.00000180. The molecule has 2 aromatic carbocycles. The average Bonchev–Trinajstić information content (AvgIpc) is 2.30. The molecule has 3 heteroatoms. The maximum atomic E-state index is 12.0. The van der Waals surface area contributed by atoms with Crippen LogP contribution in [0, 0.1) is 20.8 Å². The maximum Gasteiger partial charge on any atom is 2.00 e. The fourth-order valence-electron chi connectivity index (χ4n) is 2.23. The molecule has 2 nitrogen and oxygen atoms in total. The van der Waals surface area contributed by atoms with E-state index >= 15 is 0 Å². The summed E-state index contributed by atoms with van der Waals surface area (Å²) in [5.41, 5.74) is 4.24. The molecule has 0 radical (unpaired) electrons. The fourth-order valence-corrected chi connectivity index (χ4v) is 2.23. The maximum absolute atomic E-state index is 12.0. The molecule has 94 valence electrons. The van der Waals surface area contributed by atoms with E-state index in [0.717, 1.165) is 16.7 Å². The van der Waals surface area contributed by atoms with Crippen LogP contribution < -0.4 is 10.2 Å². The molecule has 0 bridgehead atoms. The van der Waals surface area contributed by atoms with Crippen molar-refractivity contribution < 1.29 is 10.2 Å². The Morgan fingerprint density at radius 3 is 2.16 bits per heavy atom. The summed E-state index contributed by atoms with van der Waals surface area (Å²) in [5, 5.41) is 23.8. The van der Waals surface area contributed by atoms with E-state index in [2.05, 4.69) is 0 Å². The van der Waals surface area contributed by atoms with Crippen LogP contribution >= 0.6 is 0 Å². The molecule has 19 heavy (non-hydrogen) atoms. The Bertz CT molecular complexity index is 592. The number of hydrogen-bond acceptors (Lipinski definition) is 2. The van der Waals surface area contributed by atoms with Crippen LogP contribution in [-0.2, 0) is 6.42 Å². The Morgan fingerprint density at radius 1 is 0.842 bits per heavy atom. The fraction of sp³-hybridized carbons (Fsp3) is 0.250. The second-order valence-electron chi connectivity index (χ2n) is 4.86. The quantitative estimate of drug-likeness (QED) is 0.779. The van der Waals surface area contributed by atoms with Gasteiger partial charge in [0.15, 0.2) is 0 Å². The van der Waals surface area contributed by atoms with E-state index < -0.39 is 0 Å². The molecule has 0 fully saturated rings. The summed E-state index contributed by atoms with van der Waals surface area (Å²) in [5.74, 6) is 0.0423. The Morgan fingerprint density at radius 2 is 1.47 bits per heavy atom. The molecule has 0 spiro atoms. The van der Waals surface area contributed by atoms with E-state index in [1.165, 1.54) is 0 Å². The summed E-state index contributed by atoms with van der Waals surface area (Å²) >= 11 is 0. The van der Waals surface area contributed by atoms with Crippen LogP contribution in [0.3, 0.4) is 0 Å². The zero-order chi connectivity index (χ0) is 13.3. The van der Waals surface area contributed by atoms with E-state index in [-0.39, 0.29) is 34.6 Å². The molecule has 0 amide bonds. The van der Waals surface area contributed by atoms with Gasteiger partial charge in [0.1, 0.15) is 0 Å². The summed E-state index contributed by atoms with van der Waals surface area (Å²) in [6.45, 7) is 5.72. The molecular weight excluding hydrogens is 248 g/mol. The van der Waals surface area contributed by atoms with Crippen molar-refractivity contribution in [1.29, 1.82) is 0 Å². The molecule has 0 atom stereocenters. The zero-order valence-corrected chi connectivity index (χ0v) is 13.0. The first-order valence-electron chi connectivity index (χ1n) is 6.01. The van der Waals surface area contributed by atoms with Gasteiger partial charge in [-0.3, -0.25) is 0 Å². The molecule has 2 rings (SSSR count). The van der Waals surface area contributed by atoms with Crippen molar-refractivity contribution in [1.82, 2.24) is 0 Å².